The largest absolute Gasteiger partial charge is 0.316 e. The van der Waals surface area contributed by atoms with Crippen molar-refractivity contribution >= 4 is 11.6 Å². The molecule has 0 heterocycles. The fourth-order valence-electron chi connectivity index (χ4n) is 1.66. The van der Waals surface area contributed by atoms with Gasteiger partial charge >= 0.3 is 0 Å². The molecule has 0 spiro atoms. The first-order chi connectivity index (χ1) is 11.6. The molecule has 0 aliphatic rings. The fraction of sp³-hybridized carbons (Fsp3) is 0.238. The van der Waals surface area contributed by atoms with E-state index in [9.17, 15) is 9.59 Å². The zero-order valence-electron chi connectivity index (χ0n) is 14.6. The lowest BCUT2D eigenvalue weighted by atomic mass is 10.1. The van der Waals surface area contributed by atoms with Crippen LogP contribution in [0.2, 0.25) is 0 Å². The summed E-state index contributed by atoms with van der Waals surface area (Å²) >= 11 is 0. The van der Waals surface area contributed by atoms with Gasteiger partial charge in [0.25, 0.3) is 0 Å². The summed E-state index contributed by atoms with van der Waals surface area (Å²) in [5.41, 5.74) is 1.70. The van der Waals surface area contributed by atoms with Crippen LogP contribution in [0.5, 0.6) is 0 Å². The van der Waals surface area contributed by atoms with E-state index in [1.807, 2.05) is 32.2 Å². The molecular weight excluding hydrogens is 298 g/mol. The van der Waals surface area contributed by atoms with E-state index < -0.39 is 0 Å². The third-order valence-electron chi connectivity index (χ3n) is 2.91. The Balaban J connectivity index is 4.74. The zero-order valence-corrected chi connectivity index (χ0v) is 14.6. The van der Waals surface area contributed by atoms with Crippen molar-refractivity contribution in [1.29, 1.82) is 0 Å². The standard InChI is InChI=1S/C21H27NO2/c1-5-8-10-19(15-16-22-4)12-14-21(24)17-20(23)13-11-18(7-3)9-6-2/h6-15,22H,2-3,5,16-17H2,1,4H3/b10-8-,13-11+,14-12+,18-9+,19-15+. The third-order valence-corrected chi connectivity index (χ3v) is 2.91. The van der Waals surface area contributed by atoms with E-state index in [0.717, 1.165) is 17.6 Å². The predicted octanol–water partition coefficient (Wildman–Crippen LogP) is 4.04. The summed E-state index contributed by atoms with van der Waals surface area (Å²) in [6, 6.07) is 0. The Kier molecular flexibility index (Phi) is 12.6. The lowest BCUT2D eigenvalue weighted by Gasteiger charge is -1.96. The molecule has 0 amide bonds. The molecule has 128 valence electrons. The van der Waals surface area contributed by atoms with Gasteiger partial charge in [0.15, 0.2) is 11.6 Å². The van der Waals surface area contributed by atoms with Crippen molar-refractivity contribution in [3.05, 3.63) is 85.1 Å². The monoisotopic (exact) mass is 325 g/mol. The molecule has 0 aliphatic carbocycles. The normalized spacial score (nSPS) is 13.1. The molecule has 0 unspecified atom stereocenters. The Labute approximate surface area is 145 Å². The van der Waals surface area contributed by atoms with Crippen LogP contribution in [0.1, 0.15) is 19.8 Å². The van der Waals surface area contributed by atoms with Gasteiger partial charge in [0.05, 0.1) is 6.42 Å². The van der Waals surface area contributed by atoms with Crippen LogP contribution in [-0.4, -0.2) is 25.2 Å². The van der Waals surface area contributed by atoms with Gasteiger partial charge in [0, 0.05) is 6.54 Å². The van der Waals surface area contributed by atoms with Crippen LogP contribution in [0.4, 0.5) is 0 Å². The van der Waals surface area contributed by atoms with E-state index >= 15 is 0 Å². The summed E-state index contributed by atoms with van der Waals surface area (Å²) < 4.78 is 0. The highest BCUT2D eigenvalue weighted by molar-refractivity contribution is 6.08. The highest BCUT2D eigenvalue weighted by Crippen LogP contribution is 2.03. The minimum Gasteiger partial charge on any atom is -0.316 e. The topological polar surface area (TPSA) is 46.2 Å². The second kappa shape index (κ2) is 14.1. The molecule has 3 nitrogen and oxygen atoms in total. The van der Waals surface area contributed by atoms with Crippen molar-refractivity contribution in [2.45, 2.75) is 19.8 Å². The number of hydrogen-bond acceptors (Lipinski definition) is 3. The number of likely N-dealkylation sites (N-methyl/N-ethyl adjacent to an activating group) is 1. The first-order valence-electron chi connectivity index (χ1n) is 7.95. The predicted molar refractivity (Wildman–Crippen MR) is 103 cm³/mol. The smallest absolute Gasteiger partial charge is 0.163 e. The van der Waals surface area contributed by atoms with E-state index in [1.165, 1.54) is 12.2 Å². The molecule has 0 fully saturated rings. The van der Waals surface area contributed by atoms with E-state index in [0.29, 0.717) is 6.54 Å². The third kappa shape index (κ3) is 11.1. The van der Waals surface area contributed by atoms with E-state index in [-0.39, 0.29) is 18.0 Å². The number of carbonyl (C=O) groups excluding carboxylic acids is 2. The van der Waals surface area contributed by atoms with E-state index in [4.69, 9.17) is 0 Å². The van der Waals surface area contributed by atoms with Crippen LogP contribution in [0, 0.1) is 0 Å². The van der Waals surface area contributed by atoms with Crippen LogP contribution < -0.4 is 5.32 Å². The molecule has 0 radical (unpaired) electrons. The zero-order chi connectivity index (χ0) is 18.2. The van der Waals surface area contributed by atoms with Crippen molar-refractivity contribution in [3.63, 3.8) is 0 Å². The Bertz CT molecular complexity index is 587. The van der Waals surface area contributed by atoms with Crippen molar-refractivity contribution in [1.82, 2.24) is 5.32 Å². The Morgan fingerprint density at radius 1 is 0.958 bits per heavy atom. The van der Waals surface area contributed by atoms with Crippen molar-refractivity contribution < 1.29 is 9.59 Å². The van der Waals surface area contributed by atoms with Crippen molar-refractivity contribution in [2.75, 3.05) is 13.6 Å². The maximum atomic E-state index is 11.9. The summed E-state index contributed by atoms with van der Waals surface area (Å²) in [6.45, 7) is 9.99. The van der Waals surface area contributed by atoms with Gasteiger partial charge < -0.3 is 5.32 Å². The number of ketones is 2. The van der Waals surface area contributed by atoms with Crippen LogP contribution >= 0.6 is 0 Å². The molecule has 1 N–H and O–H groups in total. The maximum Gasteiger partial charge on any atom is 0.163 e. The quantitative estimate of drug-likeness (QED) is 0.335. The maximum absolute atomic E-state index is 11.9. The van der Waals surface area contributed by atoms with Gasteiger partial charge in [0.2, 0.25) is 0 Å². The summed E-state index contributed by atoms with van der Waals surface area (Å²) in [4.78, 5) is 23.7. The molecule has 0 aromatic heterocycles. The van der Waals surface area contributed by atoms with E-state index in [2.05, 4.69) is 18.5 Å². The molecule has 0 atom stereocenters. The molecule has 0 saturated carbocycles. The second-order valence-corrected chi connectivity index (χ2v) is 4.95. The highest BCUT2D eigenvalue weighted by atomic mass is 16.1. The van der Waals surface area contributed by atoms with Crippen LogP contribution in [0.3, 0.4) is 0 Å². The molecule has 3 heteroatoms. The first-order valence-corrected chi connectivity index (χ1v) is 7.95. The molecule has 0 bridgehead atoms. The number of carbonyl (C=O) groups is 2. The summed E-state index contributed by atoms with van der Waals surface area (Å²) in [5.74, 6) is -0.468. The number of nitrogens with one attached hydrogen (secondary N) is 1. The average Bonchev–Trinajstić information content (AvgIpc) is 2.57. The van der Waals surface area contributed by atoms with Gasteiger partial charge in [-0.3, -0.25) is 9.59 Å². The van der Waals surface area contributed by atoms with Gasteiger partial charge in [-0.15, -0.1) is 0 Å². The molecule has 0 aromatic rings. The van der Waals surface area contributed by atoms with Crippen molar-refractivity contribution in [3.8, 4) is 0 Å². The Morgan fingerprint density at radius 2 is 1.58 bits per heavy atom. The summed E-state index contributed by atoms with van der Waals surface area (Å²) in [6.07, 6.45) is 17.9. The molecule has 0 saturated heterocycles. The average molecular weight is 325 g/mol. The SMILES string of the molecule is C=C/C=C(C=C)/C=C/C(=O)CC(=O)/C=C/C(/C=C\CC)=C/CNC. The number of allylic oxidation sites excluding steroid dienone is 11. The molecule has 0 aromatic carbocycles. The molecular formula is C21H27NO2. The van der Waals surface area contributed by atoms with Crippen LogP contribution in [0.25, 0.3) is 0 Å². The highest BCUT2D eigenvalue weighted by Gasteiger charge is 2.03. The Morgan fingerprint density at radius 3 is 2.08 bits per heavy atom. The second-order valence-electron chi connectivity index (χ2n) is 4.95. The van der Waals surface area contributed by atoms with Gasteiger partial charge in [-0.1, -0.05) is 68.7 Å². The Hall–Kier alpha value is -2.52. The fourth-order valence-corrected chi connectivity index (χ4v) is 1.66. The van der Waals surface area contributed by atoms with Gasteiger partial charge in [-0.25, -0.2) is 0 Å². The minimum absolute atomic E-state index is 0.150. The first kappa shape index (κ1) is 21.5. The van der Waals surface area contributed by atoms with Crippen LogP contribution in [-0.2, 0) is 9.59 Å². The van der Waals surface area contributed by atoms with Gasteiger partial charge in [-0.05, 0) is 36.8 Å². The summed E-state index contributed by atoms with van der Waals surface area (Å²) in [5, 5.41) is 3.02. The number of rotatable bonds is 12. The van der Waals surface area contributed by atoms with Crippen molar-refractivity contribution in [2.24, 2.45) is 0 Å². The van der Waals surface area contributed by atoms with E-state index in [1.54, 1.807) is 30.4 Å². The van der Waals surface area contributed by atoms with Crippen LogP contribution in [0.15, 0.2) is 85.1 Å². The lowest BCUT2D eigenvalue weighted by molar-refractivity contribution is -0.121. The lowest BCUT2D eigenvalue weighted by Crippen LogP contribution is -2.05. The molecule has 0 aliphatic heterocycles. The summed E-state index contributed by atoms with van der Waals surface area (Å²) in [7, 11) is 1.86. The molecule has 24 heavy (non-hydrogen) atoms. The minimum atomic E-state index is -0.244. The van der Waals surface area contributed by atoms with Gasteiger partial charge in [-0.2, -0.15) is 0 Å². The number of hydrogen-bond donors (Lipinski definition) is 1. The molecule has 0 rings (SSSR count). The van der Waals surface area contributed by atoms with Gasteiger partial charge in [0.1, 0.15) is 0 Å².